The molecule has 3 nitrogen and oxygen atoms in total. The fourth-order valence-electron chi connectivity index (χ4n) is 2.34. The molecule has 0 saturated heterocycles. The van der Waals surface area contributed by atoms with Crippen LogP contribution in [0.5, 0.6) is 0 Å². The zero-order chi connectivity index (χ0) is 10.3. The maximum absolute atomic E-state index is 6.08. The Kier molecular flexibility index (Phi) is 2.35. The van der Waals surface area contributed by atoms with Crippen molar-refractivity contribution in [1.29, 1.82) is 0 Å². The number of nitrogens with zero attached hydrogens (tertiary/aromatic N) is 2. The van der Waals surface area contributed by atoms with Gasteiger partial charge in [0, 0.05) is 23.3 Å². The molecule has 2 rings (SSSR count). The van der Waals surface area contributed by atoms with Gasteiger partial charge in [0.25, 0.3) is 0 Å². The molecule has 0 aliphatic heterocycles. The predicted molar refractivity (Wildman–Crippen MR) is 57.2 cm³/mol. The fourth-order valence-corrected chi connectivity index (χ4v) is 2.34. The van der Waals surface area contributed by atoms with Crippen LogP contribution in [0.2, 0.25) is 0 Å². The number of aryl methyl sites for hydroxylation is 1. The Morgan fingerprint density at radius 2 is 2.29 bits per heavy atom. The number of hydrogen-bond donors (Lipinski definition) is 1. The SMILES string of the molecule is CCc1nn(C(C)C)c2c1C(N)CC2. The Labute approximate surface area is 85.3 Å². The molecule has 14 heavy (non-hydrogen) atoms. The van der Waals surface area contributed by atoms with E-state index in [0.29, 0.717) is 6.04 Å². The minimum absolute atomic E-state index is 0.229. The van der Waals surface area contributed by atoms with Crippen molar-refractivity contribution in [2.75, 3.05) is 0 Å². The number of fused-ring (bicyclic) bond motifs is 1. The third-order valence-electron chi connectivity index (χ3n) is 3.01. The number of hydrogen-bond acceptors (Lipinski definition) is 2. The summed E-state index contributed by atoms with van der Waals surface area (Å²) in [4.78, 5) is 0. The van der Waals surface area contributed by atoms with Gasteiger partial charge >= 0.3 is 0 Å². The molecule has 0 bridgehead atoms. The van der Waals surface area contributed by atoms with E-state index in [0.717, 1.165) is 19.3 Å². The molecule has 0 aromatic carbocycles. The predicted octanol–water partition coefficient (Wildman–Crippen LogP) is 1.97. The first kappa shape index (κ1) is 9.71. The van der Waals surface area contributed by atoms with Crippen molar-refractivity contribution in [3.05, 3.63) is 17.0 Å². The highest BCUT2D eigenvalue weighted by molar-refractivity contribution is 5.34. The molecule has 1 aromatic heterocycles. The molecular formula is C11H19N3. The van der Waals surface area contributed by atoms with Crippen molar-refractivity contribution in [3.8, 4) is 0 Å². The molecule has 0 fully saturated rings. The quantitative estimate of drug-likeness (QED) is 0.780. The van der Waals surface area contributed by atoms with Crippen molar-refractivity contribution in [3.63, 3.8) is 0 Å². The zero-order valence-electron chi connectivity index (χ0n) is 9.25. The molecule has 1 aliphatic carbocycles. The average Bonchev–Trinajstić information content (AvgIpc) is 2.66. The molecule has 1 unspecified atom stereocenters. The van der Waals surface area contributed by atoms with Gasteiger partial charge in [-0.2, -0.15) is 5.10 Å². The summed E-state index contributed by atoms with van der Waals surface area (Å²) in [6, 6.07) is 0.682. The van der Waals surface area contributed by atoms with Crippen molar-refractivity contribution in [2.24, 2.45) is 5.73 Å². The largest absolute Gasteiger partial charge is 0.324 e. The van der Waals surface area contributed by atoms with Gasteiger partial charge in [-0.05, 0) is 33.1 Å². The highest BCUT2D eigenvalue weighted by Gasteiger charge is 2.28. The second kappa shape index (κ2) is 3.39. The van der Waals surface area contributed by atoms with Crippen LogP contribution >= 0.6 is 0 Å². The second-order valence-electron chi connectivity index (χ2n) is 4.34. The molecule has 1 aliphatic rings. The number of nitrogens with two attached hydrogens (primary N) is 1. The molecule has 1 heterocycles. The maximum atomic E-state index is 6.08. The molecule has 1 aromatic rings. The van der Waals surface area contributed by atoms with E-state index in [1.54, 1.807) is 0 Å². The molecule has 0 spiro atoms. The van der Waals surface area contributed by atoms with Crippen LogP contribution in [0.1, 0.15) is 56.2 Å². The van der Waals surface area contributed by atoms with Gasteiger partial charge in [-0.1, -0.05) is 6.92 Å². The summed E-state index contributed by atoms with van der Waals surface area (Å²) in [5.74, 6) is 0. The Bertz CT molecular complexity index is 339. The average molecular weight is 193 g/mol. The standard InChI is InChI=1S/C11H19N3/c1-4-9-11-8(12)5-6-10(11)14(13-9)7(2)3/h7-8H,4-6,12H2,1-3H3. The topological polar surface area (TPSA) is 43.8 Å². The Morgan fingerprint density at radius 1 is 1.57 bits per heavy atom. The summed E-state index contributed by atoms with van der Waals surface area (Å²) < 4.78 is 2.15. The van der Waals surface area contributed by atoms with Crippen LogP contribution in [0.3, 0.4) is 0 Å². The van der Waals surface area contributed by atoms with Gasteiger partial charge in [-0.15, -0.1) is 0 Å². The maximum Gasteiger partial charge on any atom is 0.0672 e. The van der Waals surface area contributed by atoms with Crippen molar-refractivity contribution in [2.45, 2.75) is 52.1 Å². The lowest BCUT2D eigenvalue weighted by molar-refractivity contribution is 0.503. The molecule has 2 N–H and O–H groups in total. The summed E-state index contributed by atoms with van der Waals surface area (Å²) in [6.07, 6.45) is 3.18. The zero-order valence-corrected chi connectivity index (χ0v) is 9.25. The molecule has 0 saturated carbocycles. The van der Waals surface area contributed by atoms with E-state index in [2.05, 4.69) is 30.6 Å². The molecule has 78 valence electrons. The lowest BCUT2D eigenvalue weighted by Gasteiger charge is -2.08. The minimum Gasteiger partial charge on any atom is -0.324 e. The molecule has 1 atom stereocenters. The van der Waals surface area contributed by atoms with Crippen molar-refractivity contribution < 1.29 is 0 Å². The van der Waals surface area contributed by atoms with Crippen LogP contribution in [0.15, 0.2) is 0 Å². The Morgan fingerprint density at radius 3 is 2.86 bits per heavy atom. The van der Waals surface area contributed by atoms with Crippen LogP contribution in [0.25, 0.3) is 0 Å². The highest BCUT2D eigenvalue weighted by atomic mass is 15.3. The van der Waals surface area contributed by atoms with Gasteiger partial charge < -0.3 is 5.73 Å². The summed E-state index contributed by atoms with van der Waals surface area (Å²) in [5, 5.41) is 4.64. The summed E-state index contributed by atoms with van der Waals surface area (Å²) >= 11 is 0. The normalized spacial score (nSPS) is 20.5. The van der Waals surface area contributed by atoms with Crippen LogP contribution in [-0.4, -0.2) is 9.78 Å². The van der Waals surface area contributed by atoms with E-state index in [-0.39, 0.29) is 6.04 Å². The monoisotopic (exact) mass is 193 g/mol. The van der Waals surface area contributed by atoms with E-state index in [1.165, 1.54) is 17.0 Å². The second-order valence-corrected chi connectivity index (χ2v) is 4.34. The van der Waals surface area contributed by atoms with Gasteiger partial charge in [-0.3, -0.25) is 4.68 Å². The van der Waals surface area contributed by atoms with E-state index in [1.807, 2.05) is 0 Å². The molecule has 0 radical (unpaired) electrons. The van der Waals surface area contributed by atoms with Gasteiger partial charge in [0.15, 0.2) is 0 Å². The van der Waals surface area contributed by atoms with E-state index >= 15 is 0 Å². The van der Waals surface area contributed by atoms with Gasteiger partial charge in [0.05, 0.1) is 5.69 Å². The fraction of sp³-hybridized carbons (Fsp3) is 0.727. The molecule has 0 amide bonds. The first-order valence-corrected chi connectivity index (χ1v) is 5.50. The van der Waals surface area contributed by atoms with E-state index in [4.69, 9.17) is 5.73 Å². The van der Waals surface area contributed by atoms with Crippen LogP contribution in [0.4, 0.5) is 0 Å². The van der Waals surface area contributed by atoms with E-state index in [9.17, 15) is 0 Å². The summed E-state index contributed by atoms with van der Waals surface area (Å²) in [5.41, 5.74) is 10.0. The molecular weight excluding hydrogens is 174 g/mol. The summed E-state index contributed by atoms with van der Waals surface area (Å²) in [7, 11) is 0. The minimum atomic E-state index is 0.229. The number of aromatic nitrogens is 2. The van der Waals surface area contributed by atoms with Gasteiger partial charge in [-0.25, -0.2) is 0 Å². The number of rotatable bonds is 2. The van der Waals surface area contributed by atoms with Crippen LogP contribution in [-0.2, 0) is 12.8 Å². The van der Waals surface area contributed by atoms with Crippen molar-refractivity contribution >= 4 is 0 Å². The van der Waals surface area contributed by atoms with Gasteiger partial charge in [0.2, 0.25) is 0 Å². The van der Waals surface area contributed by atoms with E-state index < -0.39 is 0 Å². The lowest BCUT2D eigenvalue weighted by Crippen LogP contribution is -2.08. The molecule has 3 heteroatoms. The Balaban J connectivity index is 2.51. The smallest absolute Gasteiger partial charge is 0.0672 e. The van der Waals surface area contributed by atoms with Crippen LogP contribution in [0, 0.1) is 0 Å². The Hall–Kier alpha value is -0.830. The lowest BCUT2D eigenvalue weighted by atomic mass is 10.1. The first-order valence-electron chi connectivity index (χ1n) is 5.50. The van der Waals surface area contributed by atoms with Crippen LogP contribution < -0.4 is 5.73 Å². The van der Waals surface area contributed by atoms with Crippen molar-refractivity contribution in [1.82, 2.24) is 9.78 Å². The highest BCUT2D eigenvalue weighted by Crippen LogP contribution is 2.33. The third-order valence-corrected chi connectivity index (χ3v) is 3.01. The first-order chi connectivity index (χ1) is 6.65. The summed E-state index contributed by atoms with van der Waals surface area (Å²) in [6.45, 7) is 6.51. The van der Waals surface area contributed by atoms with Gasteiger partial charge in [0.1, 0.15) is 0 Å². The third kappa shape index (κ3) is 1.27.